The first kappa shape index (κ1) is 14.4. The molecule has 0 saturated carbocycles. The van der Waals surface area contributed by atoms with Crippen molar-refractivity contribution < 1.29 is 0 Å². The van der Waals surface area contributed by atoms with Gasteiger partial charge in [-0.25, -0.2) is 0 Å². The Bertz CT molecular complexity index is 410. The minimum atomic E-state index is 0.412. The fourth-order valence-corrected chi connectivity index (χ4v) is 3.09. The van der Waals surface area contributed by atoms with Crippen LogP contribution < -0.4 is 10.6 Å². The second-order valence-corrected chi connectivity index (χ2v) is 5.90. The first-order valence-corrected chi connectivity index (χ1v) is 7.27. The van der Waals surface area contributed by atoms with E-state index in [0.717, 1.165) is 13.1 Å². The van der Waals surface area contributed by atoms with E-state index in [0.29, 0.717) is 18.6 Å². The normalized spacial score (nSPS) is 25.4. The molecule has 0 radical (unpaired) electrons. The Morgan fingerprint density at radius 3 is 2.47 bits per heavy atom. The zero-order valence-corrected chi connectivity index (χ0v) is 12.7. The summed E-state index contributed by atoms with van der Waals surface area (Å²) in [6.45, 7) is 9.57. The van der Waals surface area contributed by atoms with E-state index in [1.54, 1.807) is 0 Å². The minimum Gasteiger partial charge on any atom is -0.365 e. The average Bonchev–Trinajstić information content (AvgIpc) is 2.51. The quantitative estimate of drug-likeness (QED) is 0.885. The molecular formula is C16H27N3. The van der Waals surface area contributed by atoms with E-state index in [1.165, 1.54) is 23.2 Å². The molecule has 1 heterocycles. The van der Waals surface area contributed by atoms with Gasteiger partial charge in [0.05, 0.1) is 6.04 Å². The Morgan fingerprint density at radius 2 is 1.89 bits per heavy atom. The van der Waals surface area contributed by atoms with Crippen molar-refractivity contribution in [1.29, 1.82) is 0 Å². The highest BCUT2D eigenvalue weighted by atomic mass is 15.3. The van der Waals surface area contributed by atoms with E-state index in [9.17, 15) is 0 Å². The maximum absolute atomic E-state index is 6.04. The molecule has 1 aliphatic heterocycles. The van der Waals surface area contributed by atoms with Gasteiger partial charge < -0.3 is 15.5 Å². The fourth-order valence-electron chi connectivity index (χ4n) is 3.09. The summed E-state index contributed by atoms with van der Waals surface area (Å²) in [6.07, 6.45) is 1.20. The molecule has 1 saturated heterocycles. The molecule has 0 spiro atoms. The third kappa shape index (κ3) is 2.93. The van der Waals surface area contributed by atoms with Crippen LogP contribution in [-0.4, -0.2) is 43.7 Å². The topological polar surface area (TPSA) is 32.5 Å². The summed E-state index contributed by atoms with van der Waals surface area (Å²) in [5, 5.41) is 0. The van der Waals surface area contributed by atoms with Gasteiger partial charge in [-0.15, -0.1) is 0 Å². The Labute approximate surface area is 117 Å². The van der Waals surface area contributed by atoms with Gasteiger partial charge in [-0.3, -0.25) is 0 Å². The van der Waals surface area contributed by atoms with Crippen LogP contribution in [0.15, 0.2) is 18.2 Å². The smallest absolute Gasteiger partial charge is 0.0539 e. The van der Waals surface area contributed by atoms with Crippen LogP contribution in [0.2, 0.25) is 0 Å². The largest absolute Gasteiger partial charge is 0.365 e. The highest BCUT2D eigenvalue weighted by Crippen LogP contribution is 2.28. The molecule has 3 nitrogen and oxygen atoms in total. The second kappa shape index (κ2) is 5.93. The van der Waals surface area contributed by atoms with Crippen molar-refractivity contribution in [3.63, 3.8) is 0 Å². The SMILES string of the molecule is Cc1cccc(C)c1N1CCC(C)N(C)CC1CN. The van der Waals surface area contributed by atoms with Crippen molar-refractivity contribution in [3.05, 3.63) is 29.3 Å². The summed E-state index contributed by atoms with van der Waals surface area (Å²) in [6, 6.07) is 7.58. The maximum Gasteiger partial charge on any atom is 0.0539 e. The number of nitrogens with two attached hydrogens (primary N) is 1. The van der Waals surface area contributed by atoms with Crippen LogP contribution in [0.25, 0.3) is 0 Å². The molecule has 2 N–H and O–H groups in total. The molecule has 2 rings (SSSR count). The number of para-hydroxylation sites is 1. The van der Waals surface area contributed by atoms with Crippen molar-refractivity contribution in [3.8, 4) is 0 Å². The number of anilines is 1. The number of nitrogens with zero attached hydrogens (tertiary/aromatic N) is 2. The zero-order chi connectivity index (χ0) is 14.0. The van der Waals surface area contributed by atoms with Gasteiger partial charge in [0, 0.05) is 31.4 Å². The first-order valence-electron chi connectivity index (χ1n) is 7.27. The number of aryl methyl sites for hydroxylation is 2. The molecule has 2 atom stereocenters. The number of likely N-dealkylation sites (N-methyl/N-ethyl adjacent to an activating group) is 1. The standard InChI is InChI=1S/C16H27N3/c1-12-6-5-7-13(2)16(12)19-9-8-14(3)18(4)11-15(19)10-17/h5-7,14-15H,8-11,17H2,1-4H3. The lowest BCUT2D eigenvalue weighted by molar-refractivity contribution is 0.256. The summed E-state index contributed by atoms with van der Waals surface area (Å²) in [5.41, 5.74) is 10.1. The lowest BCUT2D eigenvalue weighted by Gasteiger charge is -2.34. The Balaban J connectivity index is 2.35. The van der Waals surface area contributed by atoms with Crippen LogP contribution in [0.5, 0.6) is 0 Å². The second-order valence-electron chi connectivity index (χ2n) is 5.90. The van der Waals surface area contributed by atoms with Crippen LogP contribution in [0, 0.1) is 13.8 Å². The fraction of sp³-hybridized carbons (Fsp3) is 0.625. The molecule has 0 amide bonds. The van der Waals surface area contributed by atoms with Gasteiger partial charge in [-0.05, 0) is 45.4 Å². The van der Waals surface area contributed by atoms with Gasteiger partial charge in [-0.1, -0.05) is 18.2 Å². The first-order chi connectivity index (χ1) is 9.04. The lowest BCUT2D eigenvalue weighted by atomic mass is 10.1. The van der Waals surface area contributed by atoms with E-state index in [-0.39, 0.29) is 0 Å². The monoisotopic (exact) mass is 261 g/mol. The van der Waals surface area contributed by atoms with Crippen molar-refractivity contribution in [2.45, 2.75) is 39.3 Å². The van der Waals surface area contributed by atoms with Crippen molar-refractivity contribution in [2.24, 2.45) is 5.73 Å². The summed E-state index contributed by atoms with van der Waals surface area (Å²) in [7, 11) is 2.21. The summed E-state index contributed by atoms with van der Waals surface area (Å²) < 4.78 is 0. The number of hydrogen-bond acceptors (Lipinski definition) is 3. The third-order valence-corrected chi connectivity index (χ3v) is 4.48. The van der Waals surface area contributed by atoms with Crippen molar-refractivity contribution in [1.82, 2.24) is 4.90 Å². The molecule has 3 heteroatoms. The van der Waals surface area contributed by atoms with Gasteiger partial charge in [0.25, 0.3) is 0 Å². The minimum absolute atomic E-state index is 0.412. The summed E-state index contributed by atoms with van der Waals surface area (Å²) in [4.78, 5) is 4.97. The van der Waals surface area contributed by atoms with E-state index in [2.05, 4.69) is 55.8 Å². The van der Waals surface area contributed by atoms with Crippen LogP contribution in [0.3, 0.4) is 0 Å². The van der Waals surface area contributed by atoms with E-state index in [1.807, 2.05) is 0 Å². The molecule has 0 bridgehead atoms. The van der Waals surface area contributed by atoms with Gasteiger partial charge >= 0.3 is 0 Å². The van der Waals surface area contributed by atoms with Crippen molar-refractivity contribution >= 4 is 5.69 Å². The maximum atomic E-state index is 6.04. The van der Waals surface area contributed by atoms with Crippen LogP contribution in [-0.2, 0) is 0 Å². The van der Waals surface area contributed by atoms with Crippen LogP contribution in [0.4, 0.5) is 5.69 Å². The Morgan fingerprint density at radius 1 is 1.26 bits per heavy atom. The van der Waals surface area contributed by atoms with Gasteiger partial charge in [0.1, 0.15) is 0 Å². The molecular weight excluding hydrogens is 234 g/mol. The van der Waals surface area contributed by atoms with Crippen LogP contribution >= 0.6 is 0 Å². The molecule has 1 aliphatic rings. The lowest BCUT2D eigenvalue weighted by Crippen LogP contribution is -2.46. The average molecular weight is 261 g/mol. The van der Waals surface area contributed by atoms with Gasteiger partial charge in [-0.2, -0.15) is 0 Å². The summed E-state index contributed by atoms with van der Waals surface area (Å²) >= 11 is 0. The highest BCUT2D eigenvalue weighted by Gasteiger charge is 2.27. The Kier molecular flexibility index (Phi) is 4.48. The third-order valence-electron chi connectivity index (χ3n) is 4.48. The molecule has 0 aromatic heterocycles. The molecule has 1 aromatic carbocycles. The Hall–Kier alpha value is -1.06. The van der Waals surface area contributed by atoms with E-state index in [4.69, 9.17) is 5.73 Å². The zero-order valence-electron chi connectivity index (χ0n) is 12.7. The number of benzene rings is 1. The molecule has 1 fully saturated rings. The molecule has 1 aromatic rings. The number of hydrogen-bond donors (Lipinski definition) is 1. The molecule has 2 unspecified atom stereocenters. The molecule has 106 valence electrons. The van der Waals surface area contributed by atoms with E-state index < -0.39 is 0 Å². The van der Waals surface area contributed by atoms with Gasteiger partial charge in [0.15, 0.2) is 0 Å². The van der Waals surface area contributed by atoms with E-state index >= 15 is 0 Å². The predicted molar refractivity (Wildman–Crippen MR) is 82.8 cm³/mol. The van der Waals surface area contributed by atoms with Crippen molar-refractivity contribution in [2.75, 3.05) is 31.6 Å². The predicted octanol–water partition coefficient (Wildman–Crippen LogP) is 2.16. The summed E-state index contributed by atoms with van der Waals surface area (Å²) in [5.74, 6) is 0. The highest BCUT2D eigenvalue weighted by molar-refractivity contribution is 5.59. The van der Waals surface area contributed by atoms with Gasteiger partial charge in [0.2, 0.25) is 0 Å². The van der Waals surface area contributed by atoms with Crippen LogP contribution in [0.1, 0.15) is 24.5 Å². The number of rotatable bonds is 2. The molecule has 19 heavy (non-hydrogen) atoms. The molecule has 0 aliphatic carbocycles.